The first-order chi connectivity index (χ1) is 6.18. The van der Waals surface area contributed by atoms with Crippen LogP contribution < -0.4 is 10.6 Å². The lowest BCUT2D eigenvalue weighted by Crippen LogP contribution is -2.22. The van der Waals surface area contributed by atoms with Crippen LogP contribution in [0.4, 0.5) is 11.8 Å². The van der Waals surface area contributed by atoms with Crippen LogP contribution in [0.25, 0.3) is 0 Å². The maximum Gasteiger partial charge on any atom is 0.221 e. The highest BCUT2D eigenvalue weighted by Crippen LogP contribution is 2.30. The Labute approximate surface area is 77.8 Å². The average molecular weight is 178 g/mol. The number of nitrogens with two attached hydrogens (primary N) is 1. The first-order valence-corrected chi connectivity index (χ1v) is 4.50. The van der Waals surface area contributed by atoms with Gasteiger partial charge in [0.1, 0.15) is 5.82 Å². The average Bonchev–Trinajstić information content (AvgIpc) is 2.91. The van der Waals surface area contributed by atoms with E-state index in [9.17, 15) is 0 Å². The van der Waals surface area contributed by atoms with Crippen LogP contribution >= 0.6 is 0 Å². The molecule has 0 aliphatic heterocycles. The predicted octanol–water partition coefficient (Wildman–Crippen LogP) is 0.966. The molecule has 1 aromatic rings. The number of anilines is 2. The summed E-state index contributed by atoms with van der Waals surface area (Å²) in [4.78, 5) is 10.4. The lowest BCUT2D eigenvalue weighted by atomic mass is 10.3. The highest BCUT2D eigenvalue weighted by atomic mass is 15.2. The number of hydrogen-bond acceptors (Lipinski definition) is 4. The smallest absolute Gasteiger partial charge is 0.221 e. The first kappa shape index (κ1) is 8.29. The van der Waals surface area contributed by atoms with Crippen molar-refractivity contribution in [3.8, 4) is 0 Å². The number of nitrogens with zero attached hydrogens (tertiary/aromatic N) is 3. The second-order valence-corrected chi connectivity index (χ2v) is 3.58. The van der Waals surface area contributed by atoms with Crippen LogP contribution in [-0.4, -0.2) is 23.1 Å². The number of aromatic nitrogens is 2. The molecule has 0 unspecified atom stereocenters. The van der Waals surface area contributed by atoms with Crippen LogP contribution in [0.5, 0.6) is 0 Å². The molecule has 0 bridgehead atoms. The lowest BCUT2D eigenvalue weighted by molar-refractivity contribution is 0.880. The predicted molar refractivity (Wildman–Crippen MR) is 52.6 cm³/mol. The third kappa shape index (κ3) is 1.56. The molecule has 13 heavy (non-hydrogen) atoms. The van der Waals surface area contributed by atoms with Gasteiger partial charge in [-0.15, -0.1) is 0 Å². The maximum atomic E-state index is 5.54. The summed E-state index contributed by atoms with van der Waals surface area (Å²) in [5, 5.41) is 0. The molecule has 0 spiro atoms. The Morgan fingerprint density at radius 2 is 2.23 bits per heavy atom. The molecule has 1 aliphatic rings. The molecule has 1 aromatic heterocycles. The summed E-state index contributed by atoms with van der Waals surface area (Å²) in [6.45, 7) is 2.01. The zero-order chi connectivity index (χ0) is 9.42. The molecule has 1 aliphatic carbocycles. The topological polar surface area (TPSA) is 55.0 Å². The van der Waals surface area contributed by atoms with E-state index in [1.54, 1.807) is 6.20 Å². The summed E-state index contributed by atoms with van der Waals surface area (Å²) in [5.41, 5.74) is 6.62. The van der Waals surface area contributed by atoms with Crippen molar-refractivity contribution >= 4 is 11.8 Å². The lowest BCUT2D eigenvalue weighted by Gasteiger charge is -2.19. The standard InChI is InChI=1S/C9H14N4/c1-6-5-11-9(10)12-8(6)13(2)7-3-4-7/h5,7H,3-4H2,1-2H3,(H2,10,11,12). The third-order valence-corrected chi connectivity index (χ3v) is 2.39. The van der Waals surface area contributed by atoms with Crippen molar-refractivity contribution in [3.63, 3.8) is 0 Å². The van der Waals surface area contributed by atoms with Crippen molar-refractivity contribution in [2.75, 3.05) is 17.7 Å². The highest BCUT2D eigenvalue weighted by molar-refractivity contribution is 5.49. The monoisotopic (exact) mass is 178 g/mol. The number of aryl methyl sites for hydroxylation is 1. The first-order valence-electron chi connectivity index (χ1n) is 4.50. The Morgan fingerprint density at radius 3 is 2.85 bits per heavy atom. The molecule has 70 valence electrons. The van der Waals surface area contributed by atoms with Crippen molar-refractivity contribution in [2.24, 2.45) is 0 Å². The fourth-order valence-electron chi connectivity index (χ4n) is 1.44. The van der Waals surface area contributed by atoms with Crippen LogP contribution in [0.15, 0.2) is 6.20 Å². The normalized spacial score (nSPS) is 15.8. The minimum Gasteiger partial charge on any atom is -0.368 e. The summed E-state index contributed by atoms with van der Waals surface area (Å²) in [5.74, 6) is 1.32. The minimum atomic E-state index is 0.355. The van der Waals surface area contributed by atoms with Gasteiger partial charge in [0.05, 0.1) is 0 Å². The van der Waals surface area contributed by atoms with Gasteiger partial charge in [0.25, 0.3) is 0 Å². The quantitative estimate of drug-likeness (QED) is 0.733. The molecule has 2 rings (SSSR count). The van der Waals surface area contributed by atoms with Crippen molar-refractivity contribution in [1.82, 2.24) is 9.97 Å². The molecular weight excluding hydrogens is 164 g/mol. The Hall–Kier alpha value is -1.32. The highest BCUT2D eigenvalue weighted by Gasteiger charge is 2.28. The molecule has 4 nitrogen and oxygen atoms in total. The summed E-state index contributed by atoms with van der Waals surface area (Å²) in [7, 11) is 2.06. The van der Waals surface area contributed by atoms with E-state index >= 15 is 0 Å². The van der Waals surface area contributed by atoms with Crippen molar-refractivity contribution in [3.05, 3.63) is 11.8 Å². The second-order valence-electron chi connectivity index (χ2n) is 3.58. The number of rotatable bonds is 2. The van der Waals surface area contributed by atoms with Crippen molar-refractivity contribution in [1.29, 1.82) is 0 Å². The molecule has 0 aromatic carbocycles. The third-order valence-electron chi connectivity index (χ3n) is 2.39. The SMILES string of the molecule is Cc1cnc(N)nc1N(C)C1CC1. The summed E-state index contributed by atoms with van der Waals surface area (Å²) < 4.78 is 0. The van der Waals surface area contributed by atoms with Gasteiger partial charge in [0.2, 0.25) is 5.95 Å². The molecular formula is C9H14N4. The summed E-state index contributed by atoms with van der Waals surface area (Å²) in [6, 6.07) is 0.660. The van der Waals surface area contributed by atoms with Gasteiger partial charge in [0.15, 0.2) is 0 Å². The van der Waals surface area contributed by atoms with Crippen LogP contribution in [0.3, 0.4) is 0 Å². The number of nitrogen functional groups attached to an aromatic ring is 1. The molecule has 0 radical (unpaired) electrons. The zero-order valence-electron chi connectivity index (χ0n) is 7.99. The van der Waals surface area contributed by atoms with E-state index in [0.29, 0.717) is 12.0 Å². The van der Waals surface area contributed by atoms with E-state index in [-0.39, 0.29) is 0 Å². The molecule has 0 saturated heterocycles. The van der Waals surface area contributed by atoms with E-state index < -0.39 is 0 Å². The van der Waals surface area contributed by atoms with Crippen LogP contribution in [-0.2, 0) is 0 Å². The van der Waals surface area contributed by atoms with E-state index in [2.05, 4.69) is 21.9 Å². The maximum absolute atomic E-state index is 5.54. The Morgan fingerprint density at radius 1 is 1.54 bits per heavy atom. The van der Waals surface area contributed by atoms with Crippen LogP contribution in [0.2, 0.25) is 0 Å². The van der Waals surface area contributed by atoms with Gasteiger partial charge in [-0.25, -0.2) is 4.98 Å². The molecule has 2 N–H and O–H groups in total. The van der Waals surface area contributed by atoms with Crippen molar-refractivity contribution in [2.45, 2.75) is 25.8 Å². The zero-order valence-corrected chi connectivity index (χ0v) is 7.99. The van der Waals surface area contributed by atoms with Gasteiger partial charge in [0, 0.05) is 24.8 Å². The van der Waals surface area contributed by atoms with Gasteiger partial charge in [-0.3, -0.25) is 0 Å². The molecule has 1 fully saturated rings. The van der Waals surface area contributed by atoms with Gasteiger partial charge in [-0.1, -0.05) is 0 Å². The number of hydrogen-bond donors (Lipinski definition) is 1. The Kier molecular flexibility index (Phi) is 1.83. The second kappa shape index (κ2) is 2.87. The fraction of sp³-hybridized carbons (Fsp3) is 0.556. The fourth-order valence-corrected chi connectivity index (χ4v) is 1.44. The van der Waals surface area contributed by atoms with E-state index in [1.165, 1.54) is 12.8 Å². The van der Waals surface area contributed by atoms with E-state index in [4.69, 9.17) is 5.73 Å². The van der Waals surface area contributed by atoms with Crippen LogP contribution in [0.1, 0.15) is 18.4 Å². The molecule has 0 amide bonds. The van der Waals surface area contributed by atoms with Gasteiger partial charge < -0.3 is 10.6 Å². The minimum absolute atomic E-state index is 0.355. The van der Waals surface area contributed by atoms with Gasteiger partial charge in [-0.2, -0.15) is 4.98 Å². The van der Waals surface area contributed by atoms with Gasteiger partial charge in [-0.05, 0) is 19.8 Å². The summed E-state index contributed by atoms with van der Waals surface area (Å²) >= 11 is 0. The molecule has 1 saturated carbocycles. The Bertz CT molecular complexity index is 319. The van der Waals surface area contributed by atoms with Gasteiger partial charge >= 0.3 is 0 Å². The van der Waals surface area contributed by atoms with E-state index in [1.807, 2.05) is 6.92 Å². The molecule has 0 atom stereocenters. The van der Waals surface area contributed by atoms with Crippen molar-refractivity contribution < 1.29 is 0 Å². The Balaban J connectivity index is 2.31. The largest absolute Gasteiger partial charge is 0.368 e. The molecule has 4 heteroatoms. The van der Waals surface area contributed by atoms with Crippen LogP contribution in [0, 0.1) is 6.92 Å². The summed E-state index contributed by atoms with van der Waals surface area (Å²) in [6.07, 6.45) is 4.30. The molecule has 1 heterocycles. The van der Waals surface area contributed by atoms with E-state index in [0.717, 1.165) is 11.4 Å².